The molecule has 98 valence electrons. The molecule has 5 heteroatoms. The van der Waals surface area contributed by atoms with Crippen LogP contribution >= 0.6 is 23.4 Å². The lowest BCUT2D eigenvalue weighted by Crippen LogP contribution is -2.03. The lowest BCUT2D eigenvalue weighted by atomic mass is 10.3. The average Bonchev–Trinajstić information content (AvgIpc) is 2.71. The molecule has 0 fully saturated rings. The van der Waals surface area contributed by atoms with Crippen LogP contribution in [0.3, 0.4) is 0 Å². The summed E-state index contributed by atoms with van der Waals surface area (Å²) >= 11 is 7.86. The molecule has 18 heavy (non-hydrogen) atoms. The highest BCUT2D eigenvalue weighted by molar-refractivity contribution is 7.98. The monoisotopic (exact) mass is 283 g/mol. The van der Waals surface area contributed by atoms with E-state index in [2.05, 4.69) is 26.9 Å². The molecule has 0 atom stereocenters. The van der Waals surface area contributed by atoms with Crippen molar-refractivity contribution in [1.82, 2.24) is 14.5 Å². The van der Waals surface area contributed by atoms with Gasteiger partial charge in [0.05, 0.1) is 5.88 Å². The smallest absolute Gasteiger partial charge is 0.160 e. The van der Waals surface area contributed by atoms with Crippen LogP contribution < -0.4 is 0 Å². The normalized spacial score (nSPS) is 11.3. The van der Waals surface area contributed by atoms with E-state index in [0.717, 1.165) is 35.5 Å². The van der Waals surface area contributed by atoms with E-state index < -0.39 is 0 Å². The van der Waals surface area contributed by atoms with E-state index in [1.54, 1.807) is 0 Å². The van der Waals surface area contributed by atoms with E-state index in [9.17, 15) is 0 Å². The number of pyridine rings is 1. The Morgan fingerprint density at radius 2 is 2.22 bits per heavy atom. The van der Waals surface area contributed by atoms with Gasteiger partial charge in [0.1, 0.15) is 11.3 Å². The molecule has 2 rings (SSSR count). The third-order valence-corrected chi connectivity index (χ3v) is 3.84. The molecule has 0 N–H and O–H groups in total. The van der Waals surface area contributed by atoms with E-state index in [4.69, 9.17) is 11.6 Å². The van der Waals surface area contributed by atoms with Gasteiger partial charge in [-0.3, -0.25) is 0 Å². The van der Waals surface area contributed by atoms with Crippen LogP contribution in [-0.2, 0) is 12.4 Å². The maximum atomic E-state index is 5.97. The van der Waals surface area contributed by atoms with E-state index in [0.29, 0.717) is 5.88 Å². The first-order chi connectivity index (χ1) is 8.76. The number of imidazole rings is 1. The van der Waals surface area contributed by atoms with Crippen LogP contribution in [0.1, 0.15) is 24.2 Å². The van der Waals surface area contributed by atoms with E-state index in [1.807, 2.05) is 24.9 Å². The summed E-state index contributed by atoms with van der Waals surface area (Å²) in [5, 5.41) is 0. The van der Waals surface area contributed by atoms with E-state index in [1.165, 1.54) is 12.2 Å². The van der Waals surface area contributed by atoms with Crippen LogP contribution in [0, 0.1) is 6.92 Å². The van der Waals surface area contributed by atoms with Gasteiger partial charge in [-0.25, -0.2) is 9.97 Å². The molecule has 0 saturated carbocycles. The summed E-state index contributed by atoms with van der Waals surface area (Å²) in [6.45, 7) is 2.99. The summed E-state index contributed by atoms with van der Waals surface area (Å²) in [4.78, 5) is 9.04. The molecule has 0 aliphatic carbocycles. The van der Waals surface area contributed by atoms with Crippen molar-refractivity contribution in [3.63, 3.8) is 0 Å². The van der Waals surface area contributed by atoms with Crippen LogP contribution in [0.4, 0.5) is 0 Å². The molecule has 0 aromatic carbocycles. The first-order valence-corrected chi connectivity index (χ1v) is 8.05. The number of alkyl halides is 1. The summed E-state index contributed by atoms with van der Waals surface area (Å²) in [7, 11) is 0. The Bertz CT molecular complexity index is 524. The Labute approximate surface area is 117 Å². The SMILES string of the molecule is CSCCCCn1c(CCl)nc2cc(C)cnc21. The lowest BCUT2D eigenvalue weighted by molar-refractivity contribution is 0.627. The van der Waals surface area contributed by atoms with Gasteiger partial charge in [0.15, 0.2) is 5.65 Å². The maximum Gasteiger partial charge on any atom is 0.160 e. The van der Waals surface area contributed by atoms with Gasteiger partial charge in [0, 0.05) is 12.7 Å². The van der Waals surface area contributed by atoms with Crippen molar-refractivity contribution in [2.45, 2.75) is 32.2 Å². The number of thioether (sulfide) groups is 1. The fourth-order valence-corrected chi connectivity index (χ4v) is 2.71. The van der Waals surface area contributed by atoms with Crippen molar-refractivity contribution in [2.75, 3.05) is 12.0 Å². The molecular formula is C13H18ClN3S. The van der Waals surface area contributed by atoms with Gasteiger partial charge >= 0.3 is 0 Å². The topological polar surface area (TPSA) is 30.7 Å². The van der Waals surface area contributed by atoms with Crippen molar-refractivity contribution >= 4 is 34.5 Å². The number of hydrogen-bond acceptors (Lipinski definition) is 3. The molecule has 0 spiro atoms. The lowest BCUT2D eigenvalue weighted by Gasteiger charge is -2.06. The Morgan fingerprint density at radius 3 is 2.94 bits per heavy atom. The van der Waals surface area contributed by atoms with Gasteiger partial charge in [-0.2, -0.15) is 11.8 Å². The second-order valence-electron chi connectivity index (χ2n) is 4.37. The Hall–Kier alpha value is -0.740. The molecule has 0 amide bonds. The molecule has 2 heterocycles. The van der Waals surface area contributed by atoms with Crippen molar-refractivity contribution in [2.24, 2.45) is 0 Å². The fraction of sp³-hybridized carbons (Fsp3) is 0.538. The standard InChI is InChI=1S/C13H18ClN3S/c1-10-7-11-13(15-9-10)17(12(8-14)16-11)5-3-4-6-18-2/h7,9H,3-6,8H2,1-2H3. The minimum Gasteiger partial charge on any atom is -0.312 e. The number of rotatable bonds is 6. The highest BCUT2D eigenvalue weighted by atomic mass is 35.5. The van der Waals surface area contributed by atoms with Crippen LogP contribution in [0.15, 0.2) is 12.3 Å². The van der Waals surface area contributed by atoms with Gasteiger partial charge in [0.2, 0.25) is 0 Å². The van der Waals surface area contributed by atoms with Gasteiger partial charge in [0.25, 0.3) is 0 Å². The molecule has 0 radical (unpaired) electrons. The molecule has 0 aliphatic rings. The van der Waals surface area contributed by atoms with Gasteiger partial charge in [-0.15, -0.1) is 11.6 Å². The van der Waals surface area contributed by atoms with Crippen LogP contribution in [0.25, 0.3) is 11.2 Å². The second kappa shape index (κ2) is 6.43. The summed E-state index contributed by atoms with van der Waals surface area (Å²) in [6, 6.07) is 2.07. The molecule has 3 nitrogen and oxygen atoms in total. The van der Waals surface area contributed by atoms with E-state index >= 15 is 0 Å². The van der Waals surface area contributed by atoms with Crippen molar-refractivity contribution in [3.8, 4) is 0 Å². The maximum absolute atomic E-state index is 5.97. The van der Waals surface area contributed by atoms with Crippen molar-refractivity contribution < 1.29 is 0 Å². The number of halogens is 1. The molecule has 0 saturated heterocycles. The Balaban J connectivity index is 2.23. The zero-order valence-electron chi connectivity index (χ0n) is 10.8. The Kier molecular flexibility index (Phi) is 4.89. The quantitative estimate of drug-likeness (QED) is 0.599. The van der Waals surface area contributed by atoms with Crippen molar-refractivity contribution in [1.29, 1.82) is 0 Å². The van der Waals surface area contributed by atoms with Crippen LogP contribution in [0.5, 0.6) is 0 Å². The molecule has 2 aromatic heterocycles. The minimum atomic E-state index is 0.442. The third kappa shape index (κ3) is 2.98. The first kappa shape index (κ1) is 13.7. The molecule has 2 aromatic rings. The zero-order valence-corrected chi connectivity index (χ0v) is 12.4. The number of nitrogens with zero attached hydrogens (tertiary/aromatic N) is 3. The van der Waals surface area contributed by atoms with Crippen molar-refractivity contribution in [3.05, 3.63) is 23.7 Å². The third-order valence-electron chi connectivity index (χ3n) is 2.90. The Morgan fingerprint density at radius 1 is 1.39 bits per heavy atom. The zero-order chi connectivity index (χ0) is 13.0. The fourth-order valence-electron chi connectivity index (χ4n) is 2.01. The van der Waals surface area contributed by atoms with Crippen LogP contribution in [0.2, 0.25) is 0 Å². The van der Waals surface area contributed by atoms with Gasteiger partial charge in [-0.05, 0) is 43.4 Å². The highest BCUT2D eigenvalue weighted by Gasteiger charge is 2.10. The van der Waals surface area contributed by atoms with Gasteiger partial charge in [-0.1, -0.05) is 0 Å². The molecular weight excluding hydrogens is 266 g/mol. The average molecular weight is 284 g/mol. The summed E-state index contributed by atoms with van der Waals surface area (Å²) < 4.78 is 2.15. The number of fused-ring (bicyclic) bond motifs is 1. The predicted molar refractivity (Wildman–Crippen MR) is 79.4 cm³/mol. The molecule has 0 unspecified atom stereocenters. The largest absolute Gasteiger partial charge is 0.312 e. The highest BCUT2D eigenvalue weighted by Crippen LogP contribution is 2.17. The predicted octanol–water partition coefficient (Wildman–Crippen LogP) is 3.62. The molecule has 0 aliphatic heterocycles. The summed E-state index contributed by atoms with van der Waals surface area (Å²) in [5.41, 5.74) is 3.05. The number of aromatic nitrogens is 3. The number of hydrogen-bond donors (Lipinski definition) is 0. The number of aryl methyl sites for hydroxylation is 2. The minimum absolute atomic E-state index is 0.442. The number of unbranched alkanes of at least 4 members (excludes halogenated alkanes) is 1. The molecule has 0 bridgehead atoms. The van der Waals surface area contributed by atoms with E-state index in [-0.39, 0.29) is 0 Å². The van der Waals surface area contributed by atoms with Crippen LogP contribution in [-0.4, -0.2) is 26.5 Å². The van der Waals surface area contributed by atoms with Gasteiger partial charge < -0.3 is 4.57 Å². The summed E-state index contributed by atoms with van der Waals surface area (Å²) in [6.07, 6.45) is 6.39. The summed E-state index contributed by atoms with van der Waals surface area (Å²) in [5.74, 6) is 2.57. The second-order valence-corrected chi connectivity index (χ2v) is 5.62. The first-order valence-electron chi connectivity index (χ1n) is 6.13.